The van der Waals surface area contributed by atoms with E-state index in [1.807, 2.05) is 0 Å². The summed E-state index contributed by atoms with van der Waals surface area (Å²) in [5.74, 6) is 0. The van der Waals surface area contributed by atoms with Gasteiger partial charge in [-0.05, 0) is 12.8 Å². The van der Waals surface area contributed by atoms with E-state index >= 15 is 0 Å². The summed E-state index contributed by atoms with van der Waals surface area (Å²) in [6.45, 7) is 5.90. The zero-order chi connectivity index (χ0) is 21.6. The van der Waals surface area contributed by atoms with Crippen molar-refractivity contribution in [1.29, 1.82) is 0 Å². The zero-order valence-electron chi connectivity index (χ0n) is 19.0. The van der Waals surface area contributed by atoms with Gasteiger partial charge < -0.3 is 4.55 Å². The Morgan fingerprint density at radius 3 is 1.52 bits per heavy atom. The molecule has 0 amide bonds. The van der Waals surface area contributed by atoms with Gasteiger partial charge in [0.15, 0.2) is 0 Å². The van der Waals surface area contributed by atoms with E-state index in [9.17, 15) is 13.0 Å². The van der Waals surface area contributed by atoms with Crippen LogP contribution < -0.4 is 5.32 Å². The Morgan fingerprint density at radius 2 is 1.21 bits per heavy atom. The largest absolute Gasteiger partial charge is 0.726 e. The van der Waals surface area contributed by atoms with Crippen molar-refractivity contribution in [2.75, 3.05) is 26.7 Å². The second-order valence-corrected chi connectivity index (χ2v) is 9.15. The van der Waals surface area contributed by atoms with Crippen LogP contribution in [0.4, 0.5) is 0 Å². The van der Waals surface area contributed by atoms with Crippen molar-refractivity contribution in [2.24, 2.45) is 0 Å². The maximum absolute atomic E-state index is 9.22. The lowest BCUT2D eigenvalue weighted by molar-refractivity contribution is -0.514. The van der Waals surface area contributed by atoms with E-state index in [1.54, 1.807) is 0 Å². The highest BCUT2D eigenvalue weighted by molar-refractivity contribution is 7.80. The second-order valence-electron chi connectivity index (χ2n) is 8.00. The molecule has 0 atom stereocenters. The highest BCUT2D eigenvalue weighted by atomic mass is 32.3. The summed E-state index contributed by atoms with van der Waals surface area (Å²) in [6.07, 6.45) is 25.4. The molecule has 0 aromatic heterocycles. The van der Waals surface area contributed by atoms with Gasteiger partial charge in [0.25, 0.3) is 0 Å². The Kier molecular flexibility index (Phi) is 20.1. The minimum atomic E-state index is -4.41. The summed E-state index contributed by atoms with van der Waals surface area (Å²) < 4.78 is 33.4. The molecule has 1 heterocycles. The molecule has 0 aromatic rings. The van der Waals surface area contributed by atoms with Crippen molar-refractivity contribution in [2.45, 2.75) is 110 Å². The van der Waals surface area contributed by atoms with Gasteiger partial charge in [0.2, 0.25) is 16.7 Å². The van der Waals surface area contributed by atoms with Crippen LogP contribution in [-0.4, -0.2) is 50.6 Å². The van der Waals surface area contributed by atoms with Crippen molar-refractivity contribution in [3.05, 3.63) is 0 Å². The quantitative estimate of drug-likeness (QED) is 0.142. The van der Waals surface area contributed by atoms with Gasteiger partial charge in [-0.15, -0.1) is 0 Å². The maximum atomic E-state index is 9.22. The average molecular weight is 435 g/mol. The Balaban J connectivity index is 0.00000113. The van der Waals surface area contributed by atoms with Crippen LogP contribution >= 0.6 is 0 Å². The molecule has 0 bridgehead atoms. The van der Waals surface area contributed by atoms with E-state index < -0.39 is 10.4 Å². The van der Waals surface area contributed by atoms with Gasteiger partial charge in [-0.1, -0.05) is 96.8 Å². The Hall–Kier alpha value is -0.660. The Bertz CT molecular complexity index is 481. The summed E-state index contributed by atoms with van der Waals surface area (Å²) in [5, 5.41) is 3.28. The van der Waals surface area contributed by atoms with Gasteiger partial charge in [0.05, 0.1) is 13.7 Å². The van der Waals surface area contributed by atoms with E-state index in [1.165, 1.54) is 116 Å². The summed E-state index contributed by atoms with van der Waals surface area (Å²) in [7, 11) is -3.60. The third kappa shape index (κ3) is 23.5. The molecule has 0 fully saturated rings. The van der Waals surface area contributed by atoms with E-state index in [2.05, 4.69) is 27.3 Å². The first-order valence-corrected chi connectivity index (χ1v) is 13.1. The first-order chi connectivity index (χ1) is 14.0. The lowest BCUT2D eigenvalue weighted by Crippen LogP contribution is -2.11. The SMILES string of the molecule is CCCCCCCCCCCCCCCCCC[N+]1=CNCC1.COS(=O)(=O)[O-]. The highest BCUT2D eigenvalue weighted by Crippen LogP contribution is 2.13. The molecule has 0 aromatic carbocycles. The molecule has 0 spiro atoms. The van der Waals surface area contributed by atoms with E-state index in [0.29, 0.717) is 0 Å². The lowest BCUT2D eigenvalue weighted by Gasteiger charge is -2.03. The molecule has 0 radical (unpaired) electrons. The van der Waals surface area contributed by atoms with Gasteiger partial charge >= 0.3 is 0 Å². The maximum Gasteiger partial charge on any atom is 0.232 e. The van der Waals surface area contributed by atoms with Crippen LogP contribution in [0.25, 0.3) is 0 Å². The molecule has 0 saturated carbocycles. The summed E-state index contributed by atoms with van der Waals surface area (Å²) >= 11 is 0. The van der Waals surface area contributed by atoms with Crippen molar-refractivity contribution >= 4 is 16.7 Å². The Morgan fingerprint density at radius 1 is 0.828 bits per heavy atom. The van der Waals surface area contributed by atoms with Crippen LogP contribution in [0.5, 0.6) is 0 Å². The molecule has 29 heavy (non-hydrogen) atoms. The predicted octanol–water partition coefficient (Wildman–Crippen LogP) is 4.98. The summed E-state index contributed by atoms with van der Waals surface area (Å²) in [5.41, 5.74) is 0. The smallest absolute Gasteiger partial charge is 0.232 e. The summed E-state index contributed by atoms with van der Waals surface area (Å²) in [4.78, 5) is 0. The zero-order valence-corrected chi connectivity index (χ0v) is 19.8. The molecule has 0 unspecified atom stereocenters. The molecule has 174 valence electrons. The fraction of sp³-hybridized carbons (Fsp3) is 0.955. The standard InChI is InChI=1S/C21H42N2.CH4O4S/c1-2-3-4-5-6-7-8-9-10-11-12-13-14-15-16-17-19-23-20-18-22-21-23;1-5-6(2,3)4/h21H,2-20H2,1H3;1H3,(H,2,3,4). The van der Waals surface area contributed by atoms with Crippen molar-refractivity contribution in [3.63, 3.8) is 0 Å². The van der Waals surface area contributed by atoms with Crippen LogP contribution in [0.3, 0.4) is 0 Å². The monoisotopic (exact) mass is 434 g/mol. The van der Waals surface area contributed by atoms with Crippen LogP contribution in [0.1, 0.15) is 110 Å². The number of hydrogen-bond acceptors (Lipinski definition) is 5. The molecule has 0 saturated heterocycles. The van der Waals surface area contributed by atoms with Gasteiger partial charge in [-0.3, -0.25) is 14.1 Å². The van der Waals surface area contributed by atoms with Gasteiger partial charge in [0.1, 0.15) is 13.1 Å². The lowest BCUT2D eigenvalue weighted by atomic mass is 10.0. The molecule has 6 nitrogen and oxygen atoms in total. The molecule has 7 heteroatoms. The number of rotatable bonds is 18. The van der Waals surface area contributed by atoms with E-state index in [-0.39, 0.29) is 0 Å². The molecule has 1 aliphatic rings. The first-order valence-electron chi connectivity index (χ1n) is 11.8. The number of nitrogens with zero attached hydrogens (tertiary/aromatic N) is 1. The first kappa shape index (κ1) is 28.3. The fourth-order valence-electron chi connectivity index (χ4n) is 3.51. The number of nitrogens with one attached hydrogen (secondary N) is 1. The van der Waals surface area contributed by atoms with E-state index in [4.69, 9.17) is 0 Å². The second kappa shape index (κ2) is 20.6. The van der Waals surface area contributed by atoms with Gasteiger partial charge in [0, 0.05) is 0 Å². The molecule has 1 aliphatic heterocycles. The third-order valence-corrected chi connectivity index (χ3v) is 5.73. The van der Waals surface area contributed by atoms with Crippen molar-refractivity contribution in [1.82, 2.24) is 5.32 Å². The van der Waals surface area contributed by atoms with Crippen LogP contribution in [0.2, 0.25) is 0 Å². The molecular formula is C22H46N2O4S. The van der Waals surface area contributed by atoms with Crippen LogP contribution in [-0.2, 0) is 14.6 Å². The number of hydrogen-bond donors (Lipinski definition) is 1. The van der Waals surface area contributed by atoms with Crippen LogP contribution in [0.15, 0.2) is 0 Å². The molecule has 1 N–H and O–H groups in total. The van der Waals surface area contributed by atoms with Crippen molar-refractivity contribution in [3.8, 4) is 0 Å². The third-order valence-electron chi connectivity index (χ3n) is 5.32. The molecule has 1 rings (SSSR count). The van der Waals surface area contributed by atoms with Crippen molar-refractivity contribution < 1.29 is 21.7 Å². The topological polar surface area (TPSA) is 81.5 Å². The fourth-order valence-corrected chi connectivity index (χ4v) is 3.51. The van der Waals surface area contributed by atoms with Gasteiger partial charge in [-0.25, -0.2) is 8.42 Å². The minimum absolute atomic E-state index is 0.808. The Labute approximate surface area is 180 Å². The predicted molar refractivity (Wildman–Crippen MR) is 120 cm³/mol. The normalized spacial score (nSPS) is 13.6. The molecule has 0 aliphatic carbocycles. The number of unbranched alkanes of at least 4 members (excludes halogenated alkanes) is 15. The van der Waals surface area contributed by atoms with Gasteiger partial charge in [-0.2, -0.15) is 0 Å². The average Bonchev–Trinajstić information content (AvgIpc) is 3.21. The van der Waals surface area contributed by atoms with Crippen LogP contribution in [0, 0.1) is 0 Å². The van der Waals surface area contributed by atoms with E-state index in [0.717, 1.165) is 13.7 Å². The summed E-state index contributed by atoms with van der Waals surface area (Å²) in [6, 6.07) is 0. The minimum Gasteiger partial charge on any atom is -0.726 e. The highest BCUT2D eigenvalue weighted by Gasteiger charge is 2.06. The molecular weight excluding hydrogens is 388 g/mol.